The highest BCUT2D eigenvalue weighted by atomic mass is 28.3. The monoisotopic (exact) mass is 487 g/mol. The molecule has 0 atom stereocenters. The van der Waals surface area contributed by atoms with Gasteiger partial charge in [0.05, 0.1) is 22.2 Å². The third kappa shape index (κ3) is 4.65. The number of halogens is 2. The summed E-state index contributed by atoms with van der Waals surface area (Å²) in [6.07, 6.45) is 3.73. The molecule has 1 fully saturated rings. The SMILES string of the molecule is C[Si](C)(C)CCOCn1cc(C(=O)NN)c2c(F)c(-c3ccc(C4(O)CCC4)cc3)c(F)cc21. The number of nitrogens with one attached hydrogen (secondary N) is 1. The van der Waals surface area contributed by atoms with Crippen LogP contribution >= 0.6 is 0 Å². The maximum Gasteiger partial charge on any atom is 0.267 e. The smallest absolute Gasteiger partial charge is 0.267 e. The molecule has 3 aromatic rings. The van der Waals surface area contributed by atoms with Crippen LogP contribution in [0.3, 0.4) is 0 Å². The maximum absolute atomic E-state index is 15.8. The third-order valence-electron chi connectivity index (χ3n) is 6.56. The fraction of sp³-hybridized carbons (Fsp3) is 0.400. The predicted molar refractivity (Wildman–Crippen MR) is 131 cm³/mol. The van der Waals surface area contributed by atoms with Gasteiger partial charge in [-0.15, -0.1) is 0 Å². The maximum atomic E-state index is 15.8. The normalized spacial score (nSPS) is 15.4. The van der Waals surface area contributed by atoms with Crippen molar-refractivity contribution in [2.24, 2.45) is 5.84 Å². The molecule has 4 N–H and O–H groups in total. The van der Waals surface area contributed by atoms with E-state index in [0.29, 0.717) is 25.0 Å². The van der Waals surface area contributed by atoms with E-state index < -0.39 is 31.2 Å². The summed E-state index contributed by atoms with van der Waals surface area (Å²) in [6, 6.07) is 8.75. The summed E-state index contributed by atoms with van der Waals surface area (Å²) in [7, 11) is -1.30. The van der Waals surface area contributed by atoms with Gasteiger partial charge in [0.15, 0.2) is 0 Å². The second-order valence-electron chi connectivity index (χ2n) is 10.2. The van der Waals surface area contributed by atoms with Gasteiger partial charge >= 0.3 is 0 Å². The zero-order valence-electron chi connectivity index (χ0n) is 19.8. The molecule has 182 valence electrons. The molecule has 6 nitrogen and oxygen atoms in total. The number of nitrogens with two attached hydrogens (primary N) is 1. The first-order chi connectivity index (χ1) is 16.0. The lowest BCUT2D eigenvalue weighted by Gasteiger charge is -2.37. The van der Waals surface area contributed by atoms with Crippen LogP contribution in [-0.2, 0) is 17.1 Å². The number of ether oxygens (including phenoxy) is 1. The Morgan fingerprint density at radius 1 is 1.24 bits per heavy atom. The van der Waals surface area contributed by atoms with Crippen molar-refractivity contribution in [3.8, 4) is 11.1 Å². The highest BCUT2D eigenvalue weighted by Gasteiger charge is 2.36. The minimum Gasteiger partial charge on any atom is -0.385 e. The molecule has 34 heavy (non-hydrogen) atoms. The number of fused-ring (bicyclic) bond motifs is 1. The van der Waals surface area contributed by atoms with Crippen molar-refractivity contribution in [3.05, 3.63) is 59.3 Å². The van der Waals surface area contributed by atoms with E-state index in [1.807, 2.05) is 5.43 Å². The molecule has 1 amide bonds. The van der Waals surface area contributed by atoms with Gasteiger partial charge in [0.1, 0.15) is 18.4 Å². The Morgan fingerprint density at radius 3 is 2.47 bits per heavy atom. The molecule has 0 saturated heterocycles. The average Bonchev–Trinajstić information content (AvgIpc) is 3.13. The predicted octanol–water partition coefficient (Wildman–Crippen LogP) is 4.87. The van der Waals surface area contributed by atoms with E-state index >= 15 is 8.78 Å². The number of amides is 1. The van der Waals surface area contributed by atoms with Crippen LogP contribution < -0.4 is 11.3 Å². The van der Waals surface area contributed by atoms with Crippen molar-refractivity contribution < 1.29 is 23.4 Å². The lowest BCUT2D eigenvalue weighted by molar-refractivity contribution is -0.0387. The van der Waals surface area contributed by atoms with Gasteiger partial charge in [-0.2, -0.15) is 0 Å². The fourth-order valence-electron chi connectivity index (χ4n) is 4.29. The number of benzene rings is 2. The van der Waals surface area contributed by atoms with Gasteiger partial charge in [0.25, 0.3) is 5.91 Å². The molecule has 1 aliphatic carbocycles. The molecule has 9 heteroatoms. The first-order valence-corrected chi connectivity index (χ1v) is 15.2. The number of nitrogen functional groups attached to an aromatic ring is 1. The quantitative estimate of drug-likeness (QED) is 0.139. The summed E-state index contributed by atoms with van der Waals surface area (Å²) in [6.45, 7) is 7.28. The zero-order chi connectivity index (χ0) is 24.7. The molecule has 1 saturated carbocycles. The summed E-state index contributed by atoms with van der Waals surface area (Å²) in [5.41, 5.74) is 2.21. The second kappa shape index (κ2) is 9.22. The van der Waals surface area contributed by atoms with Gasteiger partial charge < -0.3 is 14.4 Å². The number of nitrogens with zero attached hydrogens (tertiary/aromatic N) is 1. The Bertz CT molecular complexity index is 1220. The van der Waals surface area contributed by atoms with Crippen LogP contribution in [-0.4, -0.2) is 30.3 Å². The summed E-state index contributed by atoms with van der Waals surface area (Å²) < 4.78 is 38.3. The molecule has 0 spiro atoms. The van der Waals surface area contributed by atoms with E-state index in [-0.39, 0.29) is 28.8 Å². The number of carbonyl (C=O) groups excluding carboxylic acids is 1. The minimum absolute atomic E-state index is 0.00504. The number of hydrogen-bond donors (Lipinski definition) is 3. The van der Waals surface area contributed by atoms with Crippen molar-refractivity contribution in [2.75, 3.05) is 6.61 Å². The largest absolute Gasteiger partial charge is 0.385 e. The zero-order valence-corrected chi connectivity index (χ0v) is 20.8. The first kappa shape index (κ1) is 24.5. The average molecular weight is 488 g/mol. The number of rotatable bonds is 8. The summed E-state index contributed by atoms with van der Waals surface area (Å²) in [5, 5.41) is 10.5. The van der Waals surface area contributed by atoms with Crippen LogP contribution in [0, 0.1) is 11.6 Å². The second-order valence-corrected chi connectivity index (χ2v) is 15.9. The highest BCUT2D eigenvalue weighted by Crippen LogP contribution is 2.42. The van der Waals surface area contributed by atoms with Crippen LogP contribution in [0.15, 0.2) is 36.5 Å². The van der Waals surface area contributed by atoms with Gasteiger partial charge in [0, 0.05) is 26.3 Å². The lowest BCUT2D eigenvalue weighted by Crippen LogP contribution is -2.33. The first-order valence-electron chi connectivity index (χ1n) is 11.5. The van der Waals surface area contributed by atoms with Crippen LogP contribution in [0.2, 0.25) is 25.7 Å². The van der Waals surface area contributed by atoms with Crippen molar-refractivity contribution in [1.29, 1.82) is 0 Å². The van der Waals surface area contributed by atoms with Gasteiger partial charge in [-0.05, 0) is 42.5 Å². The van der Waals surface area contributed by atoms with Crippen LogP contribution in [0.1, 0.15) is 35.2 Å². The van der Waals surface area contributed by atoms with E-state index in [0.717, 1.165) is 18.0 Å². The number of aliphatic hydroxyl groups is 1. The molecule has 4 rings (SSSR count). The molecule has 1 aliphatic rings. The minimum atomic E-state index is -1.30. The topological polar surface area (TPSA) is 89.5 Å². The van der Waals surface area contributed by atoms with Crippen molar-refractivity contribution >= 4 is 24.9 Å². The number of aromatic nitrogens is 1. The molecule has 1 aromatic heterocycles. The molecule has 0 bridgehead atoms. The summed E-state index contributed by atoms with van der Waals surface area (Å²) in [4.78, 5) is 12.4. The van der Waals surface area contributed by atoms with Gasteiger partial charge in [-0.25, -0.2) is 14.6 Å². The molecule has 1 heterocycles. The van der Waals surface area contributed by atoms with E-state index in [4.69, 9.17) is 10.6 Å². The van der Waals surface area contributed by atoms with Crippen molar-refractivity contribution in [3.63, 3.8) is 0 Å². The van der Waals surface area contributed by atoms with E-state index in [9.17, 15) is 9.90 Å². The Morgan fingerprint density at radius 2 is 1.91 bits per heavy atom. The fourth-order valence-corrected chi connectivity index (χ4v) is 5.05. The Balaban J connectivity index is 1.73. The standard InChI is InChI=1S/C25H31F2N3O3Si/c1-34(2,3)12-11-33-15-30-14-18(24(31)29-28)22-20(30)13-19(26)21(23(22)27)16-5-7-17(8-6-16)25(32)9-4-10-25/h5-8,13-14,32H,4,9-12,15,28H2,1-3H3,(H,29,31). The molecular weight excluding hydrogens is 456 g/mol. The van der Waals surface area contributed by atoms with Gasteiger partial charge in [0.2, 0.25) is 0 Å². The molecular formula is C25H31F2N3O3Si. The Hall–Kier alpha value is -2.59. The van der Waals surface area contributed by atoms with Gasteiger partial charge in [-0.1, -0.05) is 43.9 Å². The van der Waals surface area contributed by atoms with Crippen LogP contribution in [0.25, 0.3) is 22.0 Å². The lowest BCUT2D eigenvalue weighted by atomic mass is 9.75. The summed E-state index contributed by atoms with van der Waals surface area (Å²) >= 11 is 0. The molecule has 0 aliphatic heterocycles. The molecule has 0 unspecified atom stereocenters. The Labute approximate surface area is 198 Å². The third-order valence-corrected chi connectivity index (χ3v) is 8.26. The number of hydrazine groups is 1. The van der Waals surface area contributed by atoms with E-state index in [1.165, 1.54) is 16.8 Å². The molecule has 2 aromatic carbocycles. The van der Waals surface area contributed by atoms with E-state index in [2.05, 4.69) is 19.6 Å². The summed E-state index contributed by atoms with van der Waals surface area (Å²) in [5.74, 6) is 3.06. The van der Waals surface area contributed by atoms with Crippen molar-refractivity contribution in [1.82, 2.24) is 9.99 Å². The van der Waals surface area contributed by atoms with Gasteiger partial charge in [-0.3, -0.25) is 10.2 Å². The highest BCUT2D eigenvalue weighted by molar-refractivity contribution is 6.76. The van der Waals surface area contributed by atoms with Crippen LogP contribution in [0.5, 0.6) is 0 Å². The molecule has 0 radical (unpaired) electrons. The Kier molecular flexibility index (Phi) is 6.65. The van der Waals surface area contributed by atoms with Crippen molar-refractivity contribution in [2.45, 2.75) is 57.3 Å². The van der Waals surface area contributed by atoms with E-state index in [1.54, 1.807) is 24.3 Å². The number of carbonyl (C=O) groups is 1. The van der Waals surface area contributed by atoms with Crippen LogP contribution in [0.4, 0.5) is 8.78 Å². The number of hydrogen-bond acceptors (Lipinski definition) is 4.